The van der Waals surface area contributed by atoms with Crippen LogP contribution in [0.1, 0.15) is 36.5 Å². The van der Waals surface area contributed by atoms with E-state index in [1.54, 1.807) is 28.8 Å². The molecule has 0 aliphatic carbocycles. The summed E-state index contributed by atoms with van der Waals surface area (Å²) in [4.78, 5) is 15.0. The van der Waals surface area contributed by atoms with E-state index >= 15 is 0 Å². The van der Waals surface area contributed by atoms with Crippen LogP contribution in [0, 0.1) is 5.82 Å². The van der Waals surface area contributed by atoms with Gasteiger partial charge >= 0.3 is 6.09 Å². The molecule has 0 unspecified atom stereocenters. The number of nitrogens with zero attached hydrogens (tertiary/aromatic N) is 1. The van der Waals surface area contributed by atoms with Crippen LogP contribution in [-0.4, -0.2) is 30.7 Å². The van der Waals surface area contributed by atoms with E-state index in [2.05, 4.69) is 18.2 Å². The van der Waals surface area contributed by atoms with Gasteiger partial charge in [0.1, 0.15) is 5.82 Å². The number of benzene rings is 2. The van der Waals surface area contributed by atoms with E-state index in [1.807, 2.05) is 19.1 Å². The highest BCUT2D eigenvalue weighted by molar-refractivity contribution is 7.98. The zero-order chi connectivity index (χ0) is 18.8. The predicted octanol–water partition coefficient (Wildman–Crippen LogP) is 5.49. The molecule has 5 heteroatoms. The maximum Gasteiger partial charge on any atom is 0.409 e. The molecule has 4 rings (SSSR count). The predicted molar refractivity (Wildman–Crippen MR) is 106 cm³/mol. The maximum atomic E-state index is 13.9. The highest BCUT2D eigenvalue weighted by Crippen LogP contribution is 2.43. The Hall–Kier alpha value is -2.27. The molecule has 140 valence electrons. The van der Waals surface area contributed by atoms with E-state index in [0.29, 0.717) is 19.7 Å². The Balaban J connectivity index is 1.76. The van der Waals surface area contributed by atoms with Crippen molar-refractivity contribution in [2.24, 2.45) is 0 Å². The molecule has 3 nitrogen and oxygen atoms in total. The van der Waals surface area contributed by atoms with Gasteiger partial charge in [-0.2, -0.15) is 0 Å². The van der Waals surface area contributed by atoms with Crippen LogP contribution in [0.3, 0.4) is 0 Å². The Kier molecular flexibility index (Phi) is 5.21. The molecular formula is C22H22FNO2S. The fourth-order valence-corrected chi connectivity index (χ4v) is 4.88. The Labute approximate surface area is 163 Å². The summed E-state index contributed by atoms with van der Waals surface area (Å²) in [6, 6.07) is 13.5. The summed E-state index contributed by atoms with van der Waals surface area (Å²) in [6.45, 7) is 3.53. The lowest BCUT2D eigenvalue weighted by molar-refractivity contribution is 0.104. The molecule has 2 aliphatic heterocycles. The van der Waals surface area contributed by atoms with Crippen LogP contribution in [0.4, 0.5) is 9.18 Å². The van der Waals surface area contributed by atoms with Gasteiger partial charge in [0.2, 0.25) is 0 Å². The highest BCUT2D eigenvalue weighted by Gasteiger charge is 2.26. The third-order valence-electron chi connectivity index (χ3n) is 5.12. The van der Waals surface area contributed by atoms with E-state index in [9.17, 15) is 9.18 Å². The molecule has 2 aliphatic rings. The third kappa shape index (κ3) is 3.61. The number of ether oxygens (including phenoxy) is 1. The molecule has 0 bridgehead atoms. The van der Waals surface area contributed by atoms with E-state index in [0.717, 1.165) is 29.7 Å². The van der Waals surface area contributed by atoms with Gasteiger partial charge in [0.15, 0.2) is 0 Å². The van der Waals surface area contributed by atoms with Crippen molar-refractivity contribution >= 4 is 23.4 Å². The third-order valence-corrected chi connectivity index (χ3v) is 6.25. The summed E-state index contributed by atoms with van der Waals surface area (Å²) >= 11 is 1.76. The van der Waals surface area contributed by atoms with Gasteiger partial charge in [-0.05, 0) is 60.2 Å². The Morgan fingerprint density at radius 3 is 2.70 bits per heavy atom. The van der Waals surface area contributed by atoms with Crippen LogP contribution >= 0.6 is 11.8 Å². The second kappa shape index (κ2) is 7.77. The van der Waals surface area contributed by atoms with Crippen molar-refractivity contribution < 1.29 is 13.9 Å². The molecule has 1 saturated heterocycles. The molecule has 0 radical (unpaired) electrons. The number of halogens is 1. The van der Waals surface area contributed by atoms with Gasteiger partial charge in [-0.1, -0.05) is 29.8 Å². The number of piperidine rings is 1. The molecule has 0 N–H and O–H groups in total. The van der Waals surface area contributed by atoms with Gasteiger partial charge in [0.25, 0.3) is 0 Å². The smallest absolute Gasteiger partial charge is 0.409 e. The molecule has 0 spiro atoms. The van der Waals surface area contributed by atoms with Crippen LogP contribution < -0.4 is 0 Å². The summed E-state index contributed by atoms with van der Waals surface area (Å²) in [7, 11) is 0. The van der Waals surface area contributed by atoms with Crippen molar-refractivity contribution in [1.29, 1.82) is 0 Å². The number of carbonyl (C=O) groups excluding carboxylic acids is 1. The topological polar surface area (TPSA) is 29.5 Å². The first-order chi connectivity index (χ1) is 13.2. The van der Waals surface area contributed by atoms with Crippen LogP contribution in [0.15, 0.2) is 52.9 Å². The molecule has 2 aromatic carbocycles. The monoisotopic (exact) mass is 383 g/mol. The minimum atomic E-state index is -0.235. The maximum absolute atomic E-state index is 13.9. The van der Waals surface area contributed by atoms with Crippen molar-refractivity contribution in [2.45, 2.75) is 30.4 Å². The number of carbonyl (C=O) groups is 1. The van der Waals surface area contributed by atoms with Gasteiger partial charge in [-0.3, -0.25) is 0 Å². The minimum Gasteiger partial charge on any atom is -0.450 e. The van der Waals surface area contributed by atoms with Gasteiger partial charge in [0, 0.05) is 23.7 Å². The fourth-order valence-electron chi connectivity index (χ4n) is 3.83. The standard InChI is InChI=1S/C22H22FNO2S/c1-2-26-22(25)24-11-9-15(10-12-24)21-18-8-7-17(23)13-16(18)14-27-20-6-4-3-5-19(20)21/h3-8,13H,2,9-12,14H2,1H3. The molecule has 2 heterocycles. The number of thioether (sulfide) groups is 1. The summed E-state index contributed by atoms with van der Waals surface area (Å²) in [5.41, 5.74) is 5.92. The number of fused-ring (bicyclic) bond motifs is 2. The van der Waals surface area contributed by atoms with Gasteiger partial charge in [-0.15, -0.1) is 11.8 Å². The lowest BCUT2D eigenvalue weighted by Gasteiger charge is -2.29. The highest BCUT2D eigenvalue weighted by atomic mass is 32.2. The molecule has 0 atom stereocenters. The zero-order valence-electron chi connectivity index (χ0n) is 15.3. The van der Waals surface area contributed by atoms with Gasteiger partial charge in [-0.25, -0.2) is 9.18 Å². The lowest BCUT2D eigenvalue weighted by atomic mass is 9.86. The van der Waals surface area contributed by atoms with E-state index in [-0.39, 0.29) is 11.9 Å². The first kappa shape index (κ1) is 18.1. The average Bonchev–Trinajstić information content (AvgIpc) is 2.85. The van der Waals surface area contributed by atoms with Crippen LogP contribution in [-0.2, 0) is 10.5 Å². The second-order valence-corrected chi connectivity index (χ2v) is 7.77. The van der Waals surface area contributed by atoms with Crippen molar-refractivity contribution in [3.63, 3.8) is 0 Å². The van der Waals surface area contributed by atoms with Crippen LogP contribution in [0.5, 0.6) is 0 Å². The molecule has 0 saturated carbocycles. The van der Waals surface area contributed by atoms with Crippen molar-refractivity contribution in [1.82, 2.24) is 4.90 Å². The normalized spacial score (nSPS) is 16.4. The molecule has 1 amide bonds. The SMILES string of the molecule is CCOC(=O)N1CCC(=C2c3ccc(F)cc3CSc3ccccc32)CC1. The summed E-state index contributed by atoms with van der Waals surface area (Å²) < 4.78 is 19.0. The van der Waals surface area contributed by atoms with Crippen LogP contribution in [0.25, 0.3) is 5.57 Å². The van der Waals surface area contributed by atoms with Crippen molar-refractivity contribution in [3.8, 4) is 0 Å². The minimum absolute atomic E-state index is 0.193. The quantitative estimate of drug-likeness (QED) is 0.652. The first-order valence-electron chi connectivity index (χ1n) is 9.32. The molecule has 2 aromatic rings. The Morgan fingerprint density at radius 1 is 1.15 bits per heavy atom. The fraction of sp³-hybridized carbons (Fsp3) is 0.318. The number of likely N-dealkylation sites (tertiary alicyclic amines) is 1. The largest absolute Gasteiger partial charge is 0.450 e. The number of rotatable bonds is 1. The molecule has 0 aromatic heterocycles. The number of hydrogen-bond acceptors (Lipinski definition) is 3. The second-order valence-electron chi connectivity index (χ2n) is 6.75. The molecule has 27 heavy (non-hydrogen) atoms. The summed E-state index contributed by atoms with van der Waals surface area (Å²) in [5.74, 6) is 0.567. The summed E-state index contributed by atoms with van der Waals surface area (Å²) in [5, 5.41) is 0. The van der Waals surface area contributed by atoms with E-state index in [4.69, 9.17) is 4.74 Å². The van der Waals surface area contributed by atoms with Crippen molar-refractivity contribution in [3.05, 3.63) is 70.5 Å². The zero-order valence-corrected chi connectivity index (χ0v) is 16.2. The molecule has 1 fully saturated rings. The lowest BCUT2D eigenvalue weighted by Crippen LogP contribution is -2.37. The Bertz CT molecular complexity index is 899. The number of amides is 1. The van der Waals surface area contributed by atoms with Gasteiger partial charge in [0.05, 0.1) is 6.61 Å². The van der Waals surface area contributed by atoms with Crippen LogP contribution in [0.2, 0.25) is 0 Å². The Morgan fingerprint density at radius 2 is 1.93 bits per heavy atom. The van der Waals surface area contributed by atoms with Crippen molar-refractivity contribution in [2.75, 3.05) is 19.7 Å². The van der Waals surface area contributed by atoms with Gasteiger partial charge < -0.3 is 9.64 Å². The van der Waals surface area contributed by atoms with E-state index in [1.165, 1.54) is 21.6 Å². The average molecular weight is 383 g/mol. The first-order valence-corrected chi connectivity index (χ1v) is 10.3. The number of hydrogen-bond donors (Lipinski definition) is 0. The summed E-state index contributed by atoms with van der Waals surface area (Å²) in [6.07, 6.45) is 1.38. The van der Waals surface area contributed by atoms with E-state index < -0.39 is 0 Å². The molecular weight excluding hydrogens is 361 g/mol.